The molecule has 0 spiro atoms. The Balaban J connectivity index is 1.64. The van der Waals surface area contributed by atoms with Crippen molar-refractivity contribution in [1.29, 1.82) is 0 Å². The van der Waals surface area contributed by atoms with Gasteiger partial charge in [0, 0.05) is 48.0 Å². The summed E-state index contributed by atoms with van der Waals surface area (Å²) in [6, 6.07) is 6.62. The van der Waals surface area contributed by atoms with E-state index in [4.69, 9.17) is 4.74 Å². The van der Waals surface area contributed by atoms with E-state index in [2.05, 4.69) is 35.4 Å². The van der Waals surface area contributed by atoms with E-state index in [1.165, 1.54) is 10.9 Å². The number of hydrogen-bond donors (Lipinski definition) is 1. The number of nitrogens with one attached hydrogen (secondary N) is 1. The van der Waals surface area contributed by atoms with E-state index in [0.29, 0.717) is 6.04 Å². The van der Waals surface area contributed by atoms with Crippen molar-refractivity contribution in [2.45, 2.75) is 52.2 Å². The molecule has 0 atom stereocenters. The molecule has 0 aliphatic carbocycles. The highest BCUT2D eigenvalue weighted by Crippen LogP contribution is 2.28. The quantitative estimate of drug-likeness (QED) is 0.882. The molecule has 1 amide bonds. The standard InChI is InChI=1S/C20H27N3O2/c1-14-12-21-13-15-6-5-7-17(18(14)15)22-16-8-10-23(11-9-16)19(24)25-20(2,3)4/h5-7,12-13,16,22H,8-11H2,1-4H3. The maximum atomic E-state index is 12.2. The molecular formula is C20H27N3O2. The summed E-state index contributed by atoms with van der Waals surface area (Å²) in [7, 11) is 0. The number of carbonyl (C=O) groups is 1. The first kappa shape index (κ1) is 17.5. The number of aromatic nitrogens is 1. The molecule has 3 rings (SSSR count). The van der Waals surface area contributed by atoms with E-state index in [1.54, 1.807) is 0 Å². The van der Waals surface area contributed by atoms with Crippen molar-refractivity contribution >= 4 is 22.6 Å². The predicted octanol–water partition coefficient (Wildman–Crippen LogP) is 4.35. The second kappa shape index (κ2) is 6.90. The Kier molecular flexibility index (Phi) is 4.84. The Morgan fingerprint density at radius 2 is 1.96 bits per heavy atom. The van der Waals surface area contributed by atoms with Gasteiger partial charge in [-0.15, -0.1) is 0 Å². The molecule has 25 heavy (non-hydrogen) atoms. The lowest BCUT2D eigenvalue weighted by atomic mass is 10.0. The Morgan fingerprint density at radius 1 is 1.24 bits per heavy atom. The summed E-state index contributed by atoms with van der Waals surface area (Å²) in [5.41, 5.74) is 1.88. The SMILES string of the molecule is Cc1cncc2cccc(NC3CCN(C(=O)OC(C)(C)C)CC3)c12. The van der Waals surface area contributed by atoms with Crippen molar-refractivity contribution in [2.24, 2.45) is 0 Å². The van der Waals surface area contributed by atoms with Crippen LogP contribution in [-0.2, 0) is 4.74 Å². The molecule has 1 N–H and O–H groups in total. The fourth-order valence-electron chi connectivity index (χ4n) is 3.28. The third-order valence-electron chi connectivity index (χ3n) is 4.48. The zero-order valence-electron chi connectivity index (χ0n) is 15.5. The minimum Gasteiger partial charge on any atom is -0.444 e. The van der Waals surface area contributed by atoms with Crippen LogP contribution in [0.5, 0.6) is 0 Å². The fourth-order valence-corrected chi connectivity index (χ4v) is 3.28. The van der Waals surface area contributed by atoms with Gasteiger partial charge in [-0.2, -0.15) is 0 Å². The summed E-state index contributed by atoms with van der Waals surface area (Å²) in [6.07, 6.45) is 5.43. The molecule has 2 heterocycles. The number of nitrogens with zero attached hydrogens (tertiary/aromatic N) is 2. The lowest BCUT2D eigenvalue weighted by Crippen LogP contribution is -2.44. The van der Waals surface area contributed by atoms with E-state index in [9.17, 15) is 4.79 Å². The first-order chi connectivity index (χ1) is 11.8. The fraction of sp³-hybridized carbons (Fsp3) is 0.500. The second-order valence-electron chi connectivity index (χ2n) is 7.75. The van der Waals surface area contributed by atoms with Gasteiger partial charge < -0.3 is 15.0 Å². The number of fused-ring (bicyclic) bond motifs is 1. The molecule has 1 aliphatic heterocycles. The zero-order chi connectivity index (χ0) is 18.0. The highest BCUT2D eigenvalue weighted by molar-refractivity contribution is 5.95. The normalized spacial score (nSPS) is 16.1. The second-order valence-corrected chi connectivity index (χ2v) is 7.75. The average Bonchev–Trinajstić information content (AvgIpc) is 2.54. The molecule has 1 aliphatic rings. The van der Waals surface area contributed by atoms with Crippen LogP contribution in [0.15, 0.2) is 30.6 Å². The number of rotatable bonds is 2. The summed E-state index contributed by atoms with van der Waals surface area (Å²) < 4.78 is 5.46. The number of pyridine rings is 1. The zero-order valence-corrected chi connectivity index (χ0v) is 15.5. The first-order valence-electron chi connectivity index (χ1n) is 8.91. The van der Waals surface area contributed by atoms with Gasteiger partial charge in [-0.3, -0.25) is 4.98 Å². The van der Waals surface area contributed by atoms with Gasteiger partial charge in [0.1, 0.15) is 5.60 Å². The minimum atomic E-state index is -0.444. The summed E-state index contributed by atoms with van der Waals surface area (Å²) in [5, 5.41) is 6.04. The topological polar surface area (TPSA) is 54.5 Å². The van der Waals surface area contributed by atoms with Gasteiger partial charge in [0.2, 0.25) is 0 Å². The number of aryl methyl sites for hydroxylation is 1. The Labute approximate surface area is 149 Å². The molecule has 0 unspecified atom stereocenters. The summed E-state index contributed by atoms with van der Waals surface area (Å²) >= 11 is 0. The van der Waals surface area contributed by atoms with Crippen molar-refractivity contribution in [3.8, 4) is 0 Å². The van der Waals surface area contributed by atoms with Crippen LogP contribution in [0.25, 0.3) is 10.8 Å². The molecule has 0 bridgehead atoms. The summed E-state index contributed by atoms with van der Waals surface area (Å²) in [6.45, 7) is 9.23. The minimum absolute atomic E-state index is 0.210. The molecule has 0 radical (unpaired) electrons. The van der Waals surface area contributed by atoms with E-state index >= 15 is 0 Å². The number of amides is 1. The number of anilines is 1. The van der Waals surface area contributed by atoms with E-state index in [0.717, 1.165) is 37.0 Å². The largest absolute Gasteiger partial charge is 0.444 e. The van der Waals surface area contributed by atoms with Crippen LogP contribution < -0.4 is 5.32 Å². The van der Waals surface area contributed by atoms with Crippen LogP contribution in [0.1, 0.15) is 39.2 Å². The maximum Gasteiger partial charge on any atom is 0.410 e. The summed E-state index contributed by atoms with van der Waals surface area (Å²) in [5.74, 6) is 0. The van der Waals surface area contributed by atoms with Crippen LogP contribution in [0.2, 0.25) is 0 Å². The first-order valence-corrected chi connectivity index (χ1v) is 8.91. The van der Waals surface area contributed by atoms with E-state index in [1.807, 2.05) is 38.1 Å². The molecule has 5 nitrogen and oxygen atoms in total. The lowest BCUT2D eigenvalue weighted by molar-refractivity contribution is 0.0210. The Hall–Kier alpha value is -2.30. The van der Waals surface area contributed by atoms with Gasteiger partial charge >= 0.3 is 6.09 Å². The molecule has 1 aromatic carbocycles. The van der Waals surface area contributed by atoms with Crippen molar-refractivity contribution in [3.63, 3.8) is 0 Å². The Morgan fingerprint density at radius 3 is 2.64 bits per heavy atom. The highest BCUT2D eigenvalue weighted by atomic mass is 16.6. The molecule has 1 aromatic heterocycles. The van der Waals surface area contributed by atoms with Crippen molar-refractivity contribution in [2.75, 3.05) is 18.4 Å². The number of piperidine rings is 1. The van der Waals surface area contributed by atoms with Crippen LogP contribution >= 0.6 is 0 Å². The third-order valence-corrected chi connectivity index (χ3v) is 4.48. The van der Waals surface area contributed by atoms with Crippen LogP contribution in [0, 0.1) is 6.92 Å². The number of hydrogen-bond acceptors (Lipinski definition) is 4. The van der Waals surface area contributed by atoms with Gasteiger partial charge in [0.05, 0.1) is 0 Å². The van der Waals surface area contributed by atoms with Gasteiger partial charge in [0.25, 0.3) is 0 Å². The number of benzene rings is 1. The van der Waals surface area contributed by atoms with Gasteiger partial charge in [-0.25, -0.2) is 4.79 Å². The monoisotopic (exact) mass is 341 g/mol. The van der Waals surface area contributed by atoms with Gasteiger partial charge in [0.15, 0.2) is 0 Å². The van der Waals surface area contributed by atoms with Crippen LogP contribution in [0.3, 0.4) is 0 Å². The highest BCUT2D eigenvalue weighted by Gasteiger charge is 2.27. The van der Waals surface area contributed by atoms with Crippen molar-refractivity contribution in [3.05, 3.63) is 36.2 Å². The number of ether oxygens (including phenoxy) is 1. The van der Waals surface area contributed by atoms with Crippen molar-refractivity contribution in [1.82, 2.24) is 9.88 Å². The van der Waals surface area contributed by atoms with Crippen LogP contribution in [-0.4, -0.2) is 40.7 Å². The predicted molar refractivity (Wildman–Crippen MR) is 101 cm³/mol. The molecule has 134 valence electrons. The molecule has 0 saturated carbocycles. The molecule has 2 aromatic rings. The molecular weight excluding hydrogens is 314 g/mol. The summed E-state index contributed by atoms with van der Waals surface area (Å²) in [4.78, 5) is 18.3. The third kappa shape index (κ3) is 4.21. The van der Waals surface area contributed by atoms with E-state index < -0.39 is 5.60 Å². The molecule has 1 saturated heterocycles. The van der Waals surface area contributed by atoms with E-state index in [-0.39, 0.29) is 6.09 Å². The smallest absolute Gasteiger partial charge is 0.410 e. The van der Waals surface area contributed by atoms with Gasteiger partial charge in [-0.1, -0.05) is 12.1 Å². The maximum absolute atomic E-state index is 12.2. The van der Waals surface area contributed by atoms with Gasteiger partial charge in [-0.05, 0) is 52.2 Å². The number of likely N-dealkylation sites (tertiary alicyclic amines) is 1. The van der Waals surface area contributed by atoms with Crippen molar-refractivity contribution < 1.29 is 9.53 Å². The molecule has 1 fully saturated rings. The lowest BCUT2D eigenvalue weighted by Gasteiger charge is -2.34. The Bertz CT molecular complexity index is 754. The van der Waals surface area contributed by atoms with Crippen LogP contribution in [0.4, 0.5) is 10.5 Å². The molecule has 5 heteroatoms. The number of carbonyl (C=O) groups excluding carboxylic acids is 1. The average molecular weight is 341 g/mol.